The summed E-state index contributed by atoms with van der Waals surface area (Å²) >= 11 is 0. The van der Waals surface area contributed by atoms with E-state index in [1.165, 1.54) is 36.8 Å². The fourth-order valence-electron chi connectivity index (χ4n) is 6.21. The van der Waals surface area contributed by atoms with Gasteiger partial charge in [-0.3, -0.25) is 9.59 Å². The van der Waals surface area contributed by atoms with Crippen LogP contribution in [0, 0.1) is 35.0 Å². The standard InChI is InChI=1S/C25H36O2/c1-16(2)7-6-8-17(3)20-11-12-25(5)14-21-18(4)13-23(27)24(21)19(15-26)9-10-22(20)25/h7,9,13,15,17,20-22,24H,6,8,10-12,14H2,1-5H3/b19-9-/t17-,20+,21+,22-,24-,25+/m1/s1. The van der Waals surface area contributed by atoms with Gasteiger partial charge in [0.2, 0.25) is 0 Å². The Hall–Kier alpha value is -1.44. The molecule has 0 aromatic rings. The van der Waals surface area contributed by atoms with E-state index in [9.17, 15) is 9.59 Å². The minimum absolute atomic E-state index is 0.141. The maximum Gasteiger partial charge on any atom is 0.163 e. The van der Waals surface area contributed by atoms with Gasteiger partial charge in [-0.05, 0) is 100 Å². The Morgan fingerprint density at radius 3 is 2.78 bits per heavy atom. The average Bonchev–Trinajstić information content (AvgIpc) is 3.04. The topological polar surface area (TPSA) is 34.1 Å². The Labute approximate surface area is 165 Å². The molecule has 0 saturated heterocycles. The van der Waals surface area contributed by atoms with Crippen molar-refractivity contribution >= 4 is 12.1 Å². The van der Waals surface area contributed by atoms with E-state index >= 15 is 0 Å². The number of hydrogen-bond acceptors (Lipinski definition) is 2. The summed E-state index contributed by atoms with van der Waals surface area (Å²) in [6, 6.07) is 0. The van der Waals surface area contributed by atoms with Crippen molar-refractivity contribution in [2.24, 2.45) is 35.0 Å². The highest BCUT2D eigenvalue weighted by molar-refractivity contribution is 6.01. The Bertz CT molecular complexity index is 691. The molecule has 3 aliphatic carbocycles. The van der Waals surface area contributed by atoms with Crippen molar-refractivity contribution in [2.75, 3.05) is 0 Å². The Morgan fingerprint density at radius 1 is 1.37 bits per heavy atom. The van der Waals surface area contributed by atoms with Crippen LogP contribution >= 0.6 is 0 Å². The SMILES string of the molecule is CC(C)=CCC[C@@H](C)[C@@H]1CC[C@@]2(C)C[C@H]3C(C)=CC(=O)[C@@H]3/C(C=O)=C\C[C@H]12. The molecule has 0 radical (unpaired) electrons. The molecular formula is C25H36O2. The van der Waals surface area contributed by atoms with Crippen LogP contribution in [0.1, 0.15) is 73.1 Å². The summed E-state index contributed by atoms with van der Waals surface area (Å²) in [6.45, 7) is 11.3. The van der Waals surface area contributed by atoms with Crippen LogP contribution in [0.15, 0.2) is 34.9 Å². The molecule has 148 valence electrons. The molecule has 0 spiro atoms. The van der Waals surface area contributed by atoms with Gasteiger partial charge in [0.25, 0.3) is 0 Å². The molecule has 0 bridgehead atoms. The van der Waals surface area contributed by atoms with Crippen LogP contribution in [0.2, 0.25) is 0 Å². The summed E-state index contributed by atoms with van der Waals surface area (Å²) in [5, 5.41) is 0. The number of aldehydes is 1. The van der Waals surface area contributed by atoms with Gasteiger partial charge in [0.05, 0.1) is 5.92 Å². The molecule has 0 N–H and O–H groups in total. The molecular weight excluding hydrogens is 332 g/mol. The maximum atomic E-state index is 12.5. The van der Waals surface area contributed by atoms with Crippen molar-refractivity contribution in [3.8, 4) is 0 Å². The Kier molecular flexibility index (Phi) is 5.93. The minimum atomic E-state index is -0.214. The van der Waals surface area contributed by atoms with Crippen molar-refractivity contribution in [1.82, 2.24) is 0 Å². The monoisotopic (exact) mass is 368 g/mol. The highest BCUT2D eigenvalue weighted by Crippen LogP contribution is 2.58. The van der Waals surface area contributed by atoms with Crippen molar-refractivity contribution < 1.29 is 9.59 Å². The van der Waals surface area contributed by atoms with Crippen molar-refractivity contribution in [1.29, 1.82) is 0 Å². The fraction of sp³-hybridized carbons (Fsp3) is 0.680. The van der Waals surface area contributed by atoms with E-state index in [0.717, 1.165) is 30.6 Å². The zero-order valence-electron chi connectivity index (χ0n) is 17.8. The predicted molar refractivity (Wildman–Crippen MR) is 111 cm³/mol. The number of allylic oxidation sites excluding steroid dienone is 6. The van der Waals surface area contributed by atoms with Gasteiger partial charge in [0.1, 0.15) is 6.29 Å². The van der Waals surface area contributed by atoms with Crippen LogP contribution in [0.5, 0.6) is 0 Å². The van der Waals surface area contributed by atoms with Crippen LogP contribution in [0.4, 0.5) is 0 Å². The molecule has 0 amide bonds. The van der Waals surface area contributed by atoms with Crippen LogP contribution in [-0.2, 0) is 9.59 Å². The van der Waals surface area contributed by atoms with Gasteiger partial charge < -0.3 is 0 Å². The van der Waals surface area contributed by atoms with E-state index in [1.54, 1.807) is 6.08 Å². The van der Waals surface area contributed by atoms with E-state index in [2.05, 4.69) is 46.8 Å². The summed E-state index contributed by atoms with van der Waals surface area (Å²) in [7, 11) is 0. The first-order chi connectivity index (χ1) is 12.8. The molecule has 6 atom stereocenters. The molecule has 2 nitrogen and oxygen atoms in total. The fourth-order valence-corrected chi connectivity index (χ4v) is 6.21. The number of fused-ring (bicyclic) bond motifs is 2. The molecule has 1 fully saturated rings. The summed E-state index contributed by atoms with van der Waals surface area (Å²) in [5.41, 5.74) is 3.60. The van der Waals surface area contributed by atoms with E-state index in [1.807, 2.05) is 0 Å². The summed E-state index contributed by atoms with van der Waals surface area (Å²) < 4.78 is 0. The maximum absolute atomic E-state index is 12.5. The number of hydrogen-bond donors (Lipinski definition) is 0. The number of rotatable bonds is 5. The normalized spacial score (nSPS) is 38.6. The molecule has 0 aliphatic heterocycles. The lowest BCUT2D eigenvalue weighted by Crippen LogP contribution is -2.34. The largest absolute Gasteiger partial charge is 0.298 e. The van der Waals surface area contributed by atoms with E-state index in [0.29, 0.717) is 11.8 Å². The average molecular weight is 369 g/mol. The molecule has 27 heavy (non-hydrogen) atoms. The summed E-state index contributed by atoms with van der Waals surface area (Å²) in [5.74, 6) is 2.21. The van der Waals surface area contributed by atoms with Crippen LogP contribution in [0.25, 0.3) is 0 Å². The van der Waals surface area contributed by atoms with Crippen LogP contribution < -0.4 is 0 Å². The number of carbonyl (C=O) groups is 2. The molecule has 0 aromatic heterocycles. The molecule has 3 aliphatic rings. The second-order valence-electron chi connectivity index (χ2n) is 9.94. The van der Waals surface area contributed by atoms with Gasteiger partial charge in [-0.15, -0.1) is 0 Å². The molecule has 0 aromatic carbocycles. The number of ketones is 1. The van der Waals surface area contributed by atoms with Crippen molar-refractivity contribution in [3.05, 3.63) is 34.9 Å². The lowest BCUT2D eigenvalue weighted by molar-refractivity contribution is -0.119. The van der Waals surface area contributed by atoms with Gasteiger partial charge in [-0.25, -0.2) is 0 Å². The van der Waals surface area contributed by atoms with Gasteiger partial charge in [0, 0.05) is 0 Å². The zero-order chi connectivity index (χ0) is 19.8. The first-order valence-corrected chi connectivity index (χ1v) is 10.8. The summed E-state index contributed by atoms with van der Waals surface area (Å²) in [4.78, 5) is 24.3. The number of carbonyl (C=O) groups excluding carboxylic acids is 2. The first-order valence-electron chi connectivity index (χ1n) is 10.8. The second-order valence-corrected chi connectivity index (χ2v) is 9.94. The third kappa shape index (κ3) is 3.91. The quantitative estimate of drug-likeness (QED) is 0.435. The van der Waals surface area contributed by atoms with Crippen LogP contribution in [0.3, 0.4) is 0 Å². The van der Waals surface area contributed by atoms with Gasteiger partial charge >= 0.3 is 0 Å². The molecule has 1 saturated carbocycles. The molecule has 2 heteroatoms. The van der Waals surface area contributed by atoms with Gasteiger partial charge in [-0.1, -0.05) is 37.1 Å². The predicted octanol–water partition coefficient (Wildman–Crippen LogP) is 6.08. The lowest BCUT2D eigenvalue weighted by Gasteiger charge is -2.41. The Morgan fingerprint density at radius 2 is 2.11 bits per heavy atom. The van der Waals surface area contributed by atoms with Crippen molar-refractivity contribution in [2.45, 2.75) is 73.1 Å². The highest BCUT2D eigenvalue weighted by atomic mass is 16.1. The van der Waals surface area contributed by atoms with Crippen molar-refractivity contribution in [3.63, 3.8) is 0 Å². The van der Waals surface area contributed by atoms with E-state index < -0.39 is 0 Å². The first kappa shape index (κ1) is 20.3. The molecule has 0 unspecified atom stereocenters. The van der Waals surface area contributed by atoms with Gasteiger partial charge in [-0.2, -0.15) is 0 Å². The third-order valence-electron chi connectivity index (χ3n) is 7.82. The molecule has 0 heterocycles. The van der Waals surface area contributed by atoms with Gasteiger partial charge in [0.15, 0.2) is 5.78 Å². The summed E-state index contributed by atoms with van der Waals surface area (Å²) in [6.07, 6.45) is 14.2. The Balaban J connectivity index is 1.84. The third-order valence-corrected chi connectivity index (χ3v) is 7.82. The van der Waals surface area contributed by atoms with E-state index in [4.69, 9.17) is 0 Å². The van der Waals surface area contributed by atoms with Crippen LogP contribution in [-0.4, -0.2) is 12.1 Å². The smallest absolute Gasteiger partial charge is 0.163 e. The van der Waals surface area contributed by atoms with E-state index in [-0.39, 0.29) is 23.0 Å². The highest BCUT2D eigenvalue weighted by Gasteiger charge is 2.50. The molecule has 3 rings (SSSR count). The minimum Gasteiger partial charge on any atom is -0.298 e. The second kappa shape index (κ2) is 7.89. The lowest BCUT2D eigenvalue weighted by atomic mass is 9.63. The zero-order valence-corrected chi connectivity index (χ0v) is 17.8.